The van der Waals surface area contributed by atoms with Crippen LogP contribution in [0.3, 0.4) is 0 Å². The second-order valence-corrected chi connectivity index (χ2v) is 5.68. The minimum atomic E-state index is -0.492. The Morgan fingerprint density at radius 3 is 2.71 bits per heavy atom. The standard InChI is InChI=1S/C12H17BrN2O2/c1-8(10-7-9(13)5-6-14-10)15-11(16)17-12(2,3)4/h5-8H,1-4H3,(H,15,16). The molecule has 1 atom stereocenters. The number of nitrogens with one attached hydrogen (secondary N) is 1. The van der Waals surface area contributed by atoms with E-state index in [1.165, 1.54) is 0 Å². The second kappa shape index (κ2) is 5.49. The highest BCUT2D eigenvalue weighted by atomic mass is 79.9. The van der Waals surface area contributed by atoms with E-state index in [1.54, 1.807) is 6.20 Å². The van der Waals surface area contributed by atoms with Crippen LogP contribution in [0.5, 0.6) is 0 Å². The molecule has 1 amide bonds. The number of alkyl carbamates (subject to hydrolysis) is 1. The van der Waals surface area contributed by atoms with Crippen molar-refractivity contribution < 1.29 is 9.53 Å². The Labute approximate surface area is 110 Å². The molecule has 4 nitrogen and oxygen atoms in total. The molecule has 1 rings (SSSR count). The fourth-order valence-corrected chi connectivity index (χ4v) is 1.57. The number of pyridine rings is 1. The summed E-state index contributed by atoms with van der Waals surface area (Å²) in [5.41, 5.74) is 0.291. The van der Waals surface area contributed by atoms with Gasteiger partial charge in [0.15, 0.2) is 0 Å². The minimum Gasteiger partial charge on any atom is -0.444 e. The zero-order valence-corrected chi connectivity index (χ0v) is 12.0. The first-order chi connectivity index (χ1) is 7.78. The molecule has 1 aromatic heterocycles. The lowest BCUT2D eigenvalue weighted by Crippen LogP contribution is -2.34. The van der Waals surface area contributed by atoms with Crippen LogP contribution in [0.2, 0.25) is 0 Å². The molecule has 94 valence electrons. The smallest absolute Gasteiger partial charge is 0.408 e. The van der Waals surface area contributed by atoms with Crippen LogP contribution >= 0.6 is 15.9 Å². The Bertz CT molecular complexity index is 402. The summed E-state index contributed by atoms with van der Waals surface area (Å²) in [5.74, 6) is 0. The lowest BCUT2D eigenvalue weighted by molar-refractivity contribution is 0.0507. The van der Waals surface area contributed by atoms with Crippen molar-refractivity contribution in [3.63, 3.8) is 0 Å². The Hall–Kier alpha value is -1.10. The molecule has 0 aromatic carbocycles. The largest absolute Gasteiger partial charge is 0.444 e. The molecule has 0 saturated carbocycles. The van der Waals surface area contributed by atoms with Gasteiger partial charge in [0, 0.05) is 10.7 Å². The first-order valence-corrected chi connectivity index (χ1v) is 6.18. The molecule has 1 unspecified atom stereocenters. The van der Waals surface area contributed by atoms with Gasteiger partial charge < -0.3 is 10.1 Å². The molecule has 1 aromatic rings. The van der Waals surface area contributed by atoms with Gasteiger partial charge in [0.05, 0.1) is 11.7 Å². The van der Waals surface area contributed by atoms with Crippen LogP contribution in [0, 0.1) is 0 Å². The maximum absolute atomic E-state index is 11.6. The second-order valence-electron chi connectivity index (χ2n) is 4.77. The van der Waals surface area contributed by atoms with Crippen LogP contribution in [0.1, 0.15) is 39.4 Å². The Balaban J connectivity index is 2.61. The summed E-state index contributed by atoms with van der Waals surface area (Å²) in [6.45, 7) is 7.34. The van der Waals surface area contributed by atoms with E-state index in [4.69, 9.17) is 4.74 Å². The molecule has 0 radical (unpaired) electrons. The summed E-state index contributed by atoms with van der Waals surface area (Å²) < 4.78 is 6.10. The zero-order valence-electron chi connectivity index (χ0n) is 10.5. The first kappa shape index (κ1) is 14.0. The van der Waals surface area contributed by atoms with E-state index in [2.05, 4.69) is 26.2 Å². The van der Waals surface area contributed by atoms with Gasteiger partial charge in [-0.15, -0.1) is 0 Å². The van der Waals surface area contributed by atoms with Crippen molar-refractivity contribution in [3.8, 4) is 0 Å². The number of carbonyl (C=O) groups excluding carboxylic acids is 1. The SMILES string of the molecule is CC(NC(=O)OC(C)(C)C)c1cc(Br)ccn1. The van der Waals surface area contributed by atoms with Gasteiger partial charge in [0.2, 0.25) is 0 Å². The molecular formula is C12H17BrN2O2. The van der Waals surface area contributed by atoms with E-state index in [0.29, 0.717) is 0 Å². The molecule has 0 saturated heterocycles. The predicted octanol–water partition coefficient (Wildman–Crippen LogP) is 3.43. The molecule has 0 aliphatic heterocycles. The van der Waals surface area contributed by atoms with Crippen molar-refractivity contribution in [2.75, 3.05) is 0 Å². The Morgan fingerprint density at radius 1 is 1.53 bits per heavy atom. The van der Waals surface area contributed by atoms with Gasteiger partial charge in [-0.05, 0) is 39.8 Å². The third-order valence-corrected chi connectivity index (χ3v) is 2.41. The van der Waals surface area contributed by atoms with Crippen LogP contribution in [-0.4, -0.2) is 16.7 Å². The molecule has 5 heteroatoms. The number of carbonyl (C=O) groups is 1. The lowest BCUT2D eigenvalue weighted by Gasteiger charge is -2.21. The summed E-state index contributed by atoms with van der Waals surface area (Å²) in [6.07, 6.45) is 1.25. The summed E-state index contributed by atoms with van der Waals surface area (Å²) >= 11 is 3.36. The molecule has 0 aliphatic carbocycles. The summed E-state index contributed by atoms with van der Waals surface area (Å²) in [5, 5.41) is 2.74. The number of halogens is 1. The van der Waals surface area contributed by atoms with E-state index < -0.39 is 11.7 Å². The molecule has 0 spiro atoms. The van der Waals surface area contributed by atoms with Gasteiger partial charge >= 0.3 is 6.09 Å². The fourth-order valence-electron chi connectivity index (χ4n) is 1.22. The van der Waals surface area contributed by atoms with Crippen molar-refractivity contribution in [3.05, 3.63) is 28.5 Å². The van der Waals surface area contributed by atoms with Crippen LogP contribution < -0.4 is 5.32 Å². The normalized spacial score (nSPS) is 13.0. The van der Waals surface area contributed by atoms with Gasteiger partial charge in [-0.1, -0.05) is 15.9 Å². The van der Waals surface area contributed by atoms with Crippen molar-refractivity contribution in [1.29, 1.82) is 0 Å². The molecule has 17 heavy (non-hydrogen) atoms. The molecular weight excluding hydrogens is 284 g/mol. The summed E-state index contributed by atoms with van der Waals surface area (Å²) in [4.78, 5) is 15.7. The van der Waals surface area contributed by atoms with Crippen LogP contribution in [-0.2, 0) is 4.74 Å². The van der Waals surface area contributed by atoms with Gasteiger partial charge in [-0.25, -0.2) is 4.79 Å². The van der Waals surface area contributed by atoms with Crippen LogP contribution in [0.25, 0.3) is 0 Å². The predicted molar refractivity (Wildman–Crippen MR) is 69.7 cm³/mol. The Morgan fingerprint density at radius 2 is 2.18 bits per heavy atom. The van der Waals surface area contributed by atoms with E-state index in [-0.39, 0.29) is 6.04 Å². The zero-order chi connectivity index (χ0) is 13.1. The van der Waals surface area contributed by atoms with E-state index >= 15 is 0 Å². The van der Waals surface area contributed by atoms with Gasteiger partial charge in [0.1, 0.15) is 5.60 Å². The molecule has 0 aliphatic rings. The Kier molecular flexibility index (Phi) is 4.51. The van der Waals surface area contributed by atoms with Gasteiger partial charge in [-0.2, -0.15) is 0 Å². The van der Waals surface area contributed by atoms with Crippen LogP contribution in [0.15, 0.2) is 22.8 Å². The van der Waals surface area contributed by atoms with Crippen molar-refractivity contribution >= 4 is 22.0 Å². The molecule has 1 heterocycles. The van der Waals surface area contributed by atoms with E-state index in [1.807, 2.05) is 39.8 Å². The topological polar surface area (TPSA) is 51.2 Å². The monoisotopic (exact) mass is 300 g/mol. The van der Waals surface area contributed by atoms with Crippen molar-refractivity contribution in [2.24, 2.45) is 0 Å². The lowest BCUT2D eigenvalue weighted by atomic mass is 10.2. The maximum Gasteiger partial charge on any atom is 0.408 e. The number of ether oxygens (including phenoxy) is 1. The van der Waals surface area contributed by atoms with E-state index in [0.717, 1.165) is 10.2 Å². The summed E-state index contributed by atoms with van der Waals surface area (Å²) in [7, 11) is 0. The number of aromatic nitrogens is 1. The first-order valence-electron chi connectivity index (χ1n) is 5.39. The number of amides is 1. The number of hydrogen-bond acceptors (Lipinski definition) is 3. The highest BCUT2D eigenvalue weighted by molar-refractivity contribution is 9.10. The average molecular weight is 301 g/mol. The van der Waals surface area contributed by atoms with Gasteiger partial charge in [-0.3, -0.25) is 4.98 Å². The maximum atomic E-state index is 11.6. The highest BCUT2D eigenvalue weighted by Gasteiger charge is 2.18. The highest BCUT2D eigenvalue weighted by Crippen LogP contribution is 2.16. The third-order valence-electron chi connectivity index (χ3n) is 1.92. The average Bonchev–Trinajstić information content (AvgIpc) is 2.14. The fraction of sp³-hybridized carbons (Fsp3) is 0.500. The van der Waals surface area contributed by atoms with Crippen LogP contribution in [0.4, 0.5) is 4.79 Å². The number of hydrogen-bond donors (Lipinski definition) is 1. The van der Waals surface area contributed by atoms with Crippen molar-refractivity contribution in [2.45, 2.75) is 39.3 Å². The summed E-state index contributed by atoms with van der Waals surface area (Å²) in [6, 6.07) is 3.51. The third kappa shape index (κ3) is 5.17. The molecule has 0 bridgehead atoms. The van der Waals surface area contributed by atoms with Gasteiger partial charge in [0.25, 0.3) is 0 Å². The minimum absolute atomic E-state index is 0.192. The quantitative estimate of drug-likeness (QED) is 0.910. The van der Waals surface area contributed by atoms with E-state index in [9.17, 15) is 4.79 Å². The molecule has 0 fully saturated rings. The van der Waals surface area contributed by atoms with Crippen molar-refractivity contribution in [1.82, 2.24) is 10.3 Å². The number of rotatable bonds is 2. The molecule has 1 N–H and O–H groups in total. The number of nitrogens with zero attached hydrogens (tertiary/aromatic N) is 1.